The highest BCUT2D eigenvalue weighted by Gasteiger charge is 2.19. The molecule has 0 saturated carbocycles. The third kappa shape index (κ3) is 3.83. The Hall–Kier alpha value is -3.66. The van der Waals surface area contributed by atoms with Crippen LogP contribution in [0, 0.1) is 0 Å². The summed E-state index contributed by atoms with van der Waals surface area (Å²) in [5.74, 6) is 0.507. The second kappa shape index (κ2) is 8.15. The van der Waals surface area contributed by atoms with E-state index in [0.29, 0.717) is 28.7 Å². The van der Waals surface area contributed by atoms with Gasteiger partial charge in [-0.2, -0.15) is 0 Å². The summed E-state index contributed by atoms with van der Waals surface area (Å²) in [6.45, 7) is 2.03. The molecule has 0 unspecified atom stereocenters. The molecule has 144 valence electrons. The Morgan fingerprint density at radius 3 is 2.31 bits per heavy atom. The number of Topliss-reactive ketones (excluding diaryl/α,β-unsaturated/α-hetero) is 1. The van der Waals surface area contributed by atoms with Crippen molar-refractivity contribution in [1.29, 1.82) is 0 Å². The van der Waals surface area contributed by atoms with Crippen LogP contribution in [0.1, 0.15) is 29.3 Å². The molecule has 4 heteroatoms. The smallest absolute Gasteiger partial charge is 0.235 e. The van der Waals surface area contributed by atoms with Crippen molar-refractivity contribution in [2.24, 2.45) is 0 Å². The molecule has 4 aromatic rings. The van der Waals surface area contributed by atoms with E-state index in [1.807, 2.05) is 60.7 Å². The number of hydrogen-bond donors (Lipinski definition) is 0. The van der Waals surface area contributed by atoms with Gasteiger partial charge in [0, 0.05) is 17.5 Å². The molecule has 0 aliphatic rings. The number of benzene rings is 3. The summed E-state index contributed by atoms with van der Waals surface area (Å²) in [4.78, 5) is 25.4. The minimum Gasteiger partial charge on any atom is -0.481 e. The second-order valence-corrected chi connectivity index (χ2v) is 6.72. The van der Waals surface area contributed by atoms with E-state index in [1.54, 1.807) is 25.1 Å². The molecule has 29 heavy (non-hydrogen) atoms. The van der Waals surface area contributed by atoms with Gasteiger partial charge >= 0.3 is 0 Å². The van der Waals surface area contributed by atoms with E-state index in [1.165, 1.54) is 0 Å². The van der Waals surface area contributed by atoms with Crippen LogP contribution in [-0.2, 0) is 6.61 Å². The molecule has 0 atom stereocenters. The van der Waals surface area contributed by atoms with E-state index in [9.17, 15) is 9.59 Å². The first-order chi connectivity index (χ1) is 14.2. The van der Waals surface area contributed by atoms with Gasteiger partial charge in [-0.1, -0.05) is 67.6 Å². The van der Waals surface area contributed by atoms with Crippen LogP contribution >= 0.6 is 0 Å². The van der Waals surface area contributed by atoms with Crippen molar-refractivity contribution in [2.75, 3.05) is 0 Å². The normalized spacial score (nSPS) is 10.8. The lowest BCUT2D eigenvalue weighted by Gasteiger charge is -2.12. The Morgan fingerprint density at radius 2 is 1.62 bits per heavy atom. The molecular formula is C25H20O4. The van der Waals surface area contributed by atoms with Gasteiger partial charge < -0.3 is 9.15 Å². The Morgan fingerprint density at radius 1 is 0.931 bits per heavy atom. The van der Waals surface area contributed by atoms with Gasteiger partial charge in [0.2, 0.25) is 11.2 Å². The summed E-state index contributed by atoms with van der Waals surface area (Å²) < 4.78 is 12.0. The number of fused-ring (bicyclic) bond motifs is 1. The van der Waals surface area contributed by atoms with Gasteiger partial charge in [0.15, 0.2) is 11.5 Å². The predicted molar refractivity (Wildman–Crippen MR) is 113 cm³/mol. The standard InChI is InChI=1S/C25H20O4/c1-2-21(26)19-13-14-22-20(15-19)23(27)25(28-16-17-9-5-3-6-10-17)24(29-22)18-11-7-4-8-12-18/h3-15H,2,16H2,1H3. The minimum absolute atomic E-state index is 0.0230. The van der Waals surface area contributed by atoms with Crippen LogP contribution in [0.5, 0.6) is 5.75 Å². The molecule has 3 aromatic carbocycles. The molecule has 0 N–H and O–H groups in total. The molecule has 0 saturated heterocycles. The number of ketones is 1. The fourth-order valence-electron chi connectivity index (χ4n) is 3.20. The van der Waals surface area contributed by atoms with E-state index in [-0.39, 0.29) is 23.6 Å². The molecule has 4 rings (SSSR count). The monoisotopic (exact) mass is 384 g/mol. The number of ether oxygens (including phenoxy) is 1. The highest BCUT2D eigenvalue weighted by molar-refractivity contribution is 5.99. The van der Waals surface area contributed by atoms with Gasteiger partial charge in [-0.3, -0.25) is 9.59 Å². The molecular weight excluding hydrogens is 364 g/mol. The Balaban J connectivity index is 1.87. The van der Waals surface area contributed by atoms with Gasteiger partial charge in [-0.15, -0.1) is 0 Å². The Kier molecular flexibility index (Phi) is 5.25. The summed E-state index contributed by atoms with van der Waals surface area (Å²) >= 11 is 0. The molecule has 0 aliphatic carbocycles. The summed E-state index contributed by atoms with van der Waals surface area (Å²) in [6.07, 6.45) is 0.371. The van der Waals surface area contributed by atoms with Crippen LogP contribution in [-0.4, -0.2) is 5.78 Å². The maximum Gasteiger partial charge on any atom is 0.235 e. The first-order valence-electron chi connectivity index (χ1n) is 9.53. The summed E-state index contributed by atoms with van der Waals surface area (Å²) in [5.41, 5.74) is 2.33. The molecule has 0 spiro atoms. The van der Waals surface area contributed by atoms with Gasteiger partial charge in [0.05, 0.1) is 5.39 Å². The first kappa shape index (κ1) is 18.7. The van der Waals surface area contributed by atoms with E-state index < -0.39 is 0 Å². The summed E-state index contributed by atoms with van der Waals surface area (Å²) in [7, 11) is 0. The largest absolute Gasteiger partial charge is 0.481 e. The van der Waals surface area contributed by atoms with Crippen LogP contribution < -0.4 is 10.2 Å². The number of rotatable bonds is 6. The predicted octanol–water partition coefficient (Wildman–Crippen LogP) is 5.63. The average Bonchev–Trinajstić information content (AvgIpc) is 2.79. The third-order valence-corrected chi connectivity index (χ3v) is 4.75. The minimum atomic E-state index is -0.285. The number of hydrogen-bond acceptors (Lipinski definition) is 4. The van der Waals surface area contributed by atoms with E-state index in [2.05, 4.69) is 0 Å². The number of carbonyl (C=O) groups excluding carboxylic acids is 1. The highest BCUT2D eigenvalue weighted by atomic mass is 16.5. The lowest BCUT2D eigenvalue weighted by atomic mass is 10.0. The maximum atomic E-state index is 13.3. The molecule has 0 amide bonds. The van der Waals surface area contributed by atoms with Gasteiger partial charge in [0.1, 0.15) is 12.2 Å². The van der Waals surface area contributed by atoms with Crippen molar-refractivity contribution in [3.63, 3.8) is 0 Å². The molecule has 4 nitrogen and oxygen atoms in total. The van der Waals surface area contributed by atoms with Gasteiger partial charge in [0.25, 0.3) is 0 Å². The summed E-state index contributed by atoms with van der Waals surface area (Å²) in [6, 6.07) is 24.0. The van der Waals surface area contributed by atoms with Crippen LogP contribution in [0.3, 0.4) is 0 Å². The quantitative estimate of drug-likeness (QED) is 0.404. The molecule has 0 bridgehead atoms. The Bertz CT molecular complexity index is 1210. The highest BCUT2D eigenvalue weighted by Crippen LogP contribution is 2.31. The lowest BCUT2D eigenvalue weighted by Crippen LogP contribution is -2.11. The second-order valence-electron chi connectivity index (χ2n) is 6.72. The fourth-order valence-corrected chi connectivity index (χ4v) is 3.20. The van der Waals surface area contributed by atoms with Crippen molar-refractivity contribution >= 4 is 16.8 Å². The number of carbonyl (C=O) groups is 1. The third-order valence-electron chi connectivity index (χ3n) is 4.75. The first-order valence-corrected chi connectivity index (χ1v) is 9.53. The van der Waals surface area contributed by atoms with Crippen molar-refractivity contribution in [1.82, 2.24) is 0 Å². The zero-order valence-electron chi connectivity index (χ0n) is 16.1. The average molecular weight is 384 g/mol. The van der Waals surface area contributed by atoms with Gasteiger partial charge in [-0.05, 0) is 23.8 Å². The fraction of sp³-hybridized carbons (Fsp3) is 0.120. The molecule has 0 aliphatic heterocycles. The maximum absolute atomic E-state index is 13.3. The molecule has 0 radical (unpaired) electrons. The van der Waals surface area contributed by atoms with Crippen LogP contribution in [0.25, 0.3) is 22.3 Å². The van der Waals surface area contributed by atoms with Crippen molar-refractivity contribution in [3.05, 3.63) is 100 Å². The van der Waals surface area contributed by atoms with Crippen LogP contribution in [0.15, 0.2) is 88.1 Å². The SMILES string of the molecule is CCC(=O)c1ccc2oc(-c3ccccc3)c(OCc3ccccc3)c(=O)c2c1. The van der Waals surface area contributed by atoms with Crippen LogP contribution in [0.4, 0.5) is 0 Å². The van der Waals surface area contributed by atoms with Crippen molar-refractivity contribution in [2.45, 2.75) is 20.0 Å². The van der Waals surface area contributed by atoms with E-state index in [0.717, 1.165) is 11.1 Å². The van der Waals surface area contributed by atoms with Crippen molar-refractivity contribution < 1.29 is 13.9 Å². The lowest BCUT2D eigenvalue weighted by molar-refractivity contribution is 0.0988. The van der Waals surface area contributed by atoms with E-state index >= 15 is 0 Å². The molecule has 1 aromatic heterocycles. The van der Waals surface area contributed by atoms with E-state index in [4.69, 9.17) is 9.15 Å². The molecule has 0 fully saturated rings. The van der Waals surface area contributed by atoms with Crippen molar-refractivity contribution in [3.8, 4) is 17.1 Å². The van der Waals surface area contributed by atoms with Gasteiger partial charge in [-0.25, -0.2) is 0 Å². The van der Waals surface area contributed by atoms with Crippen LogP contribution in [0.2, 0.25) is 0 Å². The summed E-state index contributed by atoms with van der Waals surface area (Å²) in [5, 5.41) is 0.340. The Labute approximate surface area is 168 Å². The molecule has 1 heterocycles. The zero-order valence-corrected chi connectivity index (χ0v) is 16.1. The zero-order chi connectivity index (χ0) is 20.2. The topological polar surface area (TPSA) is 56.5 Å².